The van der Waals surface area contributed by atoms with E-state index in [0.717, 1.165) is 38.5 Å². The van der Waals surface area contributed by atoms with Crippen LogP contribution in [0.3, 0.4) is 0 Å². The molecule has 0 heterocycles. The van der Waals surface area contributed by atoms with E-state index in [1.165, 1.54) is 25.7 Å². The van der Waals surface area contributed by atoms with Crippen LogP contribution < -0.4 is 0 Å². The van der Waals surface area contributed by atoms with Crippen molar-refractivity contribution in [1.29, 1.82) is 0 Å². The van der Waals surface area contributed by atoms with E-state index in [4.69, 9.17) is 0 Å². The van der Waals surface area contributed by atoms with Crippen LogP contribution in [0.2, 0.25) is 0 Å². The molecule has 0 amide bonds. The molecule has 0 aromatic carbocycles. The highest BCUT2D eigenvalue weighted by molar-refractivity contribution is 8.12. The van der Waals surface area contributed by atoms with Gasteiger partial charge in [0.25, 0.3) is 10.1 Å². The summed E-state index contributed by atoms with van der Waals surface area (Å²) in [6.07, 6.45) is 11.3. The van der Waals surface area contributed by atoms with Crippen LogP contribution in [0.25, 0.3) is 0 Å². The molecule has 0 saturated heterocycles. The molecule has 2 fully saturated rings. The molecule has 3 nitrogen and oxygen atoms in total. The van der Waals surface area contributed by atoms with Gasteiger partial charge in [0.1, 0.15) is 4.58 Å². The van der Waals surface area contributed by atoms with E-state index in [0.29, 0.717) is 5.25 Å². The van der Waals surface area contributed by atoms with Crippen molar-refractivity contribution >= 4 is 21.9 Å². The van der Waals surface area contributed by atoms with Gasteiger partial charge < -0.3 is 0 Å². The van der Waals surface area contributed by atoms with E-state index < -0.39 is 14.7 Å². The zero-order valence-electron chi connectivity index (χ0n) is 10.9. The summed E-state index contributed by atoms with van der Waals surface area (Å²) < 4.78 is 32.2. The zero-order valence-corrected chi connectivity index (χ0v) is 12.5. The van der Waals surface area contributed by atoms with E-state index in [9.17, 15) is 13.0 Å². The summed E-state index contributed by atoms with van der Waals surface area (Å²) in [7, 11) is -3.90. The molecule has 0 spiro atoms. The Bertz CT molecular complexity index is 341. The number of thioether (sulfide) groups is 1. The van der Waals surface area contributed by atoms with Crippen LogP contribution in [0.1, 0.15) is 64.2 Å². The summed E-state index contributed by atoms with van der Waals surface area (Å²) in [4.78, 5) is 0. The Balaban J connectivity index is 2.00. The SMILES string of the molecule is O=S(=O)(O)C(SC1CCCCC1)C1CCCCC1. The first kappa shape index (κ1) is 14.7. The van der Waals surface area contributed by atoms with Gasteiger partial charge in [-0.2, -0.15) is 8.42 Å². The third-order valence-electron chi connectivity index (χ3n) is 4.21. The van der Waals surface area contributed by atoms with Crippen LogP contribution in [0.4, 0.5) is 0 Å². The van der Waals surface area contributed by atoms with Crippen molar-refractivity contribution < 1.29 is 13.0 Å². The van der Waals surface area contributed by atoms with Gasteiger partial charge >= 0.3 is 0 Å². The Morgan fingerprint density at radius 1 is 0.889 bits per heavy atom. The largest absolute Gasteiger partial charge is 0.285 e. The second-order valence-electron chi connectivity index (χ2n) is 5.68. The topological polar surface area (TPSA) is 54.4 Å². The second-order valence-corrected chi connectivity index (χ2v) is 8.96. The zero-order chi connectivity index (χ0) is 13.0. The Labute approximate surface area is 115 Å². The maximum atomic E-state index is 11.6. The minimum Gasteiger partial charge on any atom is -0.285 e. The van der Waals surface area contributed by atoms with Crippen molar-refractivity contribution in [3.8, 4) is 0 Å². The molecule has 2 aliphatic carbocycles. The maximum absolute atomic E-state index is 11.6. The van der Waals surface area contributed by atoms with E-state index in [1.807, 2.05) is 0 Å². The van der Waals surface area contributed by atoms with Gasteiger partial charge in [-0.3, -0.25) is 4.55 Å². The summed E-state index contributed by atoms with van der Waals surface area (Å²) in [5.74, 6) is 0.167. The predicted octanol–water partition coefficient (Wildman–Crippen LogP) is 3.85. The predicted molar refractivity (Wildman–Crippen MR) is 76.4 cm³/mol. The molecule has 106 valence electrons. The summed E-state index contributed by atoms with van der Waals surface area (Å²) in [6, 6.07) is 0. The highest BCUT2D eigenvalue weighted by Crippen LogP contribution is 2.40. The molecule has 1 atom stereocenters. The van der Waals surface area contributed by atoms with Gasteiger partial charge in [0, 0.05) is 5.25 Å². The molecule has 18 heavy (non-hydrogen) atoms. The lowest BCUT2D eigenvalue weighted by Gasteiger charge is -2.31. The minimum absolute atomic E-state index is 0.167. The molecule has 1 N–H and O–H groups in total. The summed E-state index contributed by atoms with van der Waals surface area (Å²) in [6.45, 7) is 0. The molecule has 2 rings (SSSR count). The Kier molecular flexibility index (Phi) is 5.39. The van der Waals surface area contributed by atoms with Crippen molar-refractivity contribution in [1.82, 2.24) is 0 Å². The fourth-order valence-electron chi connectivity index (χ4n) is 3.22. The van der Waals surface area contributed by atoms with Gasteiger partial charge in [0.2, 0.25) is 0 Å². The molecular formula is C13H24O3S2. The average molecular weight is 292 g/mol. The summed E-state index contributed by atoms with van der Waals surface area (Å²) in [5, 5.41) is 0.438. The first-order valence-corrected chi connectivity index (χ1v) is 9.64. The number of hydrogen-bond acceptors (Lipinski definition) is 3. The maximum Gasteiger partial charge on any atom is 0.277 e. The lowest BCUT2D eigenvalue weighted by atomic mass is 9.91. The smallest absolute Gasteiger partial charge is 0.277 e. The Morgan fingerprint density at radius 3 is 1.89 bits per heavy atom. The summed E-state index contributed by atoms with van der Waals surface area (Å²) >= 11 is 1.54. The third-order valence-corrected chi connectivity index (χ3v) is 7.75. The number of hydrogen-bond donors (Lipinski definition) is 1. The Hall–Kier alpha value is 0.260. The van der Waals surface area contributed by atoms with Gasteiger partial charge in [-0.15, -0.1) is 11.8 Å². The standard InChI is InChI=1S/C13H24O3S2/c14-18(15,16)13(11-7-3-1-4-8-11)17-12-9-5-2-6-10-12/h11-13H,1-10H2,(H,14,15,16). The molecule has 5 heteroatoms. The highest BCUT2D eigenvalue weighted by Gasteiger charge is 2.35. The van der Waals surface area contributed by atoms with Gasteiger partial charge in [0.05, 0.1) is 0 Å². The Morgan fingerprint density at radius 2 is 1.39 bits per heavy atom. The van der Waals surface area contributed by atoms with Crippen molar-refractivity contribution in [2.45, 2.75) is 74.0 Å². The van der Waals surface area contributed by atoms with Crippen LogP contribution >= 0.6 is 11.8 Å². The van der Waals surface area contributed by atoms with Crippen molar-refractivity contribution in [2.75, 3.05) is 0 Å². The molecule has 0 radical (unpaired) electrons. The molecule has 0 bridgehead atoms. The van der Waals surface area contributed by atoms with Crippen LogP contribution in [-0.2, 0) is 10.1 Å². The number of rotatable bonds is 4. The van der Waals surface area contributed by atoms with Gasteiger partial charge in [0.15, 0.2) is 0 Å². The van der Waals surface area contributed by atoms with Crippen LogP contribution in [-0.4, -0.2) is 22.8 Å². The lowest BCUT2D eigenvalue weighted by molar-refractivity contribution is 0.361. The van der Waals surface area contributed by atoms with Gasteiger partial charge in [-0.25, -0.2) is 0 Å². The molecule has 0 aliphatic heterocycles. The van der Waals surface area contributed by atoms with Crippen LogP contribution in [0.15, 0.2) is 0 Å². The molecule has 2 saturated carbocycles. The van der Waals surface area contributed by atoms with Crippen LogP contribution in [0, 0.1) is 5.92 Å². The molecular weight excluding hydrogens is 268 g/mol. The minimum atomic E-state index is -3.90. The normalized spacial score (nSPS) is 26.1. The average Bonchev–Trinajstić information content (AvgIpc) is 2.37. The first-order valence-electron chi connectivity index (χ1n) is 7.19. The van der Waals surface area contributed by atoms with E-state index in [-0.39, 0.29) is 5.92 Å². The molecule has 0 aromatic heterocycles. The second kappa shape index (κ2) is 6.62. The fourth-order valence-corrected chi connectivity index (χ4v) is 6.49. The monoisotopic (exact) mass is 292 g/mol. The quantitative estimate of drug-likeness (QED) is 0.800. The van der Waals surface area contributed by atoms with E-state index >= 15 is 0 Å². The van der Waals surface area contributed by atoms with Crippen LogP contribution in [0.5, 0.6) is 0 Å². The van der Waals surface area contributed by atoms with Gasteiger partial charge in [-0.1, -0.05) is 38.5 Å². The lowest BCUT2D eigenvalue weighted by Crippen LogP contribution is -2.30. The molecule has 0 aromatic rings. The first-order chi connectivity index (χ1) is 8.57. The van der Waals surface area contributed by atoms with E-state index in [2.05, 4.69) is 0 Å². The third kappa shape index (κ3) is 4.14. The van der Waals surface area contributed by atoms with Crippen molar-refractivity contribution in [2.24, 2.45) is 5.92 Å². The van der Waals surface area contributed by atoms with Crippen molar-refractivity contribution in [3.63, 3.8) is 0 Å². The van der Waals surface area contributed by atoms with E-state index in [1.54, 1.807) is 11.8 Å². The van der Waals surface area contributed by atoms with Crippen molar-refractivity contribution in [3.05, 3.63) is 0 Å². The summed E-state index contributed by atoms with van der Waals surface area (Å²) in [5.41, 5.74) is 0. The molecule has 2 aliphatic rings. The fraction of sp³-hybridized carbons (Fsp3) is 1.00. The van der Waals surface area contributed by atoms with Gasteiger partial charge in [-0.05, 0) is 31.6 Å². The molecule has 1 unspecified atom stereocenters. The highest BCUT2D eigenvalue weighted by atomic mass is 32.3.